The van der Waals surface area contributed by atoms with Crippen molar-refractivity contribution in [1.82, 2.24) is 10.3 Å². The second-order valence-electron chi connectivity index (χ2n) is 7.70. The molecule has 1 saturated heterocycles. The van der Waals surface area contributed by atoms with Crippen LogP contribution in [-0.4, -0.2) is 40.7 Å². The average Bonchev–Trinajstić information content (AvgIpc) is 2.98. The standard InChI is InChI=1S/C18H24N2O4/c21-15(14-9-12-3-1-2-4-13(12)19-14)20-18(16(22)23)10-17(11-18)5-7-24-8-6-17/h9,19H,1-8,10-11H2,(H,20,21)(H,22,23). The summed E-state index contributed by atoms with van der Waals surface area (Å²) < 4.78 is 5.39. The van der Waals surface area contributed by atoms with Gasteiger partial charge in [0.25, 0.3) is 5.91 Å². The Labute approximate surface area is 141 Å². The van der Waals surface area contributed by atoms with Crippen molar-refractivity contribution in [3.63, 3.8) is 0 Å². The van der Waals surface area contributed by atoms with Crippen molar-refractivity contribution >= 4 is 11.9 Å². The van der Waals surface area contributed by atoms with Crippen LogP contribution in [0.4, 0.5) is 0 Å². The van der Waals surface area contributed by atoms with Gasteiger partial charge in [-0.25, -0.2) is 4.79 Å². The largest absolute Gasteiger partial charge is 0.480 e. The first kappa shape index (κ1) is 15.7. The third-order valence-electron chi connectivity index (χ3n) is 6.03. The van der Waals surface area contributed by atoms with Gasteiger partial charge in [-0.05, 0) is 68.4 Å². The minimum Gasteiger partial charge on any atom is -0.480 e. The quantitative estimate of drug-likeness (QED) is 0.790. The molecule has 3 N–H and O–H groups in total. The van der Waals surface area contributed by atoms with Crippen LogP contribution in [0.5, 0.6) is 0 Å². The van der Waals surface area contributed by atoms with Gasteiger partial charge in [0.1, 0.15) is 11.2 Å². The first-order chi connectivity index (χ1) is 11.5. The second-order valence-corrected chi connectivity index (χ2v) is 7.70. The Kier molecular flexibility index (Phi) is 3.67. The molecule has 1 aromatic rings. The van der Waals surface area contributed by atoms with Crippen LogP contribution in [0.1, 0.15) is 60.3 Å². The third kappa shape index (κ3) is 2.53. The van der Waals surface area contributed by atoms with E-state index in [-0.39, 0.29) is 11.3 Å². The van der Waals surface area contributed by atoms with Crippen LogP contribution in [0.3, 0.4) is 0 Å². The van der Waals surface area contributed by atoms with Crippen LogP contribution in [-0.2, 0) is 22.4 Å². The minimum absolute atomic E-state index is 0.0267. The number of aliphatic carboxylic acids is 1. The molecule has 1 aromatic heterocycles. The molecule has 24 heavy (non-hydrogen) atoms. The zero-order valence-corrected chi connectivity index (χ0v) is 13.8. The second kappa shape index (κ2) is 5.62. The molecule has 2 fully saturated rings. The molecule has 0 bridgehead atoms. The molecule has 6 nitrogen and oxygen atoms in total. The number of nitrogens with one attached hydrogen (secondary N) is 2. The Balaban J connectivity index is 1.49. The van der Waals surface area contributed by atoms with Crippen molar-refractivity contribution in [2.24, 2.45) is 5.41 Å². The number of aromatic amines is 1. The highest BCUT2D eigenvalue weighted by Crippen LogP contribution is 2.54. The van der Waals surface area contributed by atoms with Crippen LogP contribution in [0, 0.1) is 5.41 Å². The molecule has 2 heterocycles. The molecule has 0 atom stereocenters. The van der Waals surface area contributed by atoms with Crippen LogP contribution < -0.4 is 5.32 Å². The Morgan fingerprint density at radius 2 is 1.88 bits per heavy atom. The molecular weight excluding hydrogens is 308 g/mol. The van der Waals surface area contributed by atoms with Crippen molar-refractivity contribution in [2.75, 3.05) is 13.2 Å². The van der Waals surface area contributed by atoms with Crippen LogP contribution in [0.25, 0.3) is 0 Å². The lowest BCUT2D eigenvalue weighted by atomic mass is 9.54. The van der Waals surface area contributed by atoms with Gasteiger partial charge in [-0.3, -0.25) is 4.79 Å². The lowest BCUT2D eigenvalue weighted by Crippen LogP contribution is -2.67. The summed E-state index contributed by atoms with van der Waals surface area (Å²) in [6.45, 7) is 1.37. The normalized spacial score (nSPS) is 24.0. The van der Waals surface area contributed by atoms with Crippen LogP contribution in [0.15, 0.2) is 6.07 Å². The van der Waals surface area contributed by atoms with Gasteiger partial charge in [-0.15, -0.1) is 0 Å². The van der Waals surface area contributed by atoms with E-state index < -0.39 is 11.5 Å². The number of amides is 1. The molecule has 1 aliphatic heterocycles. The van der Waals surface area contributed by atoms with E-state index in [2.05, 4.69) is 10.3 Å². The molecule has 0 radical (unpaired) electrons. The van der Waals surface area contributed by atoms with Crippen LogP contribution >= 0.6 is 0 Å². The summed E-state index contributed by atoms with van der Waals surface area (Å²) in [5.41, 5.74) is 1.73. The Morgan fingerprint density at radius 1 is 1.17 bits per heavy atom. The molecule has 3 aliphatic rings. The number of fused-ring (bicyclic) bond motifs is 1. The first-order valence-electron chi connectivity index (χ1n) is 8.86. The lowest BCUT2D eigenvalue weighted by Gasteiger charge is -2.55. The summed E-state index contributed by atoms with van der Waals surface area (Å²) in [5, 5.41) is 12.5. The zero-order chi connectivity index (χ0) is 16.8. The lowest BCUT2D eigenvalue weighted by molar-refractivity contribution is -0.161. The van der Waals surface area contributed by atoms with E-state index in [1.54, 1.807) is 0 Å². The summed E-state index contributed by atoms with van der Waals surface area (Å²) in [7, 11) is 0. The number of carboxylic acid groups (broad SMARTS) is 1. The predicted molar refractivity (Wildman–Crippen MR) is 87.0 cm³/mol. The van der Waals surface area contributed by atoms with E-state index in [1.165, 1.54) is 5.56 Å². The molecule has 1 saturated carbocycles. The first-order valence-corrected chi connectivity index (χ1v) is 8.86. The van der Waals surface area contributed by atoms with Crippen molar-refractivity contribution in [1.29, 1.82) is 0 Å². The number of rotatable bonds is 3. The van der Waals surface area contributed by atoms with Gasteiger partial charge in [-0.2, -0.15) is 0 Å². The predicted octanol–water partition coefficient (Wildman–Crippen LogP) is 2.04. The highest BCUT2D eigenvalue weighted by atomic mass is 16.5. The highest BCUT2D eigenvalue weighted by molar-refractivity contribution is 5.97. The van der Waals surface area contributed by atoms with Crippen molar-refractivity contribution in [3.05, 3.63) is 23.0 Å². The van der Waals surface area contributed by atoms with E-state index in [0.717, 1.165) is 44.2 Å². The smallest absolute Gasteiger partial charge is 0.329 e. The van der Waals surface area contributed by atoms with E-state index in [4.69, 9.17) is 4.74 Å². The van der Waals surface area contributed by atoms with E-state index in [9.17, 15) is 14.7 Å². The number of carbonyl (C=O) groups excluding carboxylic acids is 1. The van der Waals surface area contributed by atoms with Gasteiger partial charge >= 0.3 is 5.97 Å². The SMILES string of the molecule is O=C(NC1(C(=O)O)CC2(CCOCC2)C1)c1cc2c([nH]1)CCCC2. The van der Waals surface area contributed by atoms with Gasteiger partial charge in [0, 0.05) is 18.9 Å². The summed E-state index contributed by atoms with van der Waals surface area (Å²) >= 11 is 0. The number of carboxylic acids is 1. The van der Waals surface area contributed by atoms with Gasteiger partial charge in [0.05, 0.1) is 0 Å². The molecule has 0 unspecified atom stereocenters. The van der Waals surface area contributed by atoms with Gasteiger partial charge < -0.3 is 20.1 Å². The number of ether oxygens (including phenoxy) is 1. The number of hydrogen-bond acceptors (Lipinski definition) is 3. The minimum atomic E-state index is -1.12. The maximum absolute atomic E-state index is 12.6. The fraction of sp³-hybridized carbons (Fsp3) is 0.667. The maximum atomic E-state index is 12.6. The van der Waals surface area contributed by atoms with E-state index in [1.807, 2.05) is 6.07 Å². The van der Waals surface area contributed by atoms with Crippen molar-refractivity contribution < 1.29 is 19.4 Å². The zero-order valence-electron chi connectivity index (χ0n) is 13.8. The van der Waals surface area contributed by atoms with Crippen molar-refractivity contribution in [3.8, 4) is 0 Å². The molecule has 1 amide bonds. The Bertz CT molecular complexity index is 641. The van der Waals surface area contributed by atoms with Gasteiger partial charge in [0.15, 0.2) is 0 Å². The number of aryl methyl sites for hydroxylation is 2. The number of hydrogen-bond donors (Lipinski definition) is 3. The van der Waals surface area contributed by atoms with E-state index >= 15 is 0 Å². The number of carbonyl (C=O) groups is 2. The maximum Gasteiger partial charge on any atom is 0.329 e. The topological polar surface area (TPSA) is 91.4 Å². The molecule has 4 rings (SSSR count). The third-order valence-corrected chi connectivity index (χ3v) is 6.03. The highest BCUT2D eigenvalue weighted by Gasteiger charge is 2.60. The molecule has 1 spiro atoms. The Morgan fingerprint density at radius 3 is 2.54 bits per heavy atom. The monoisotopic (exact) mass is 332 g/mol. The summed E-state index contributed by atoms with van der Waals surface area (Å²) in [4.78, 5) is 27.6. The fourth-order valence-corrected chi connectivity index (χ4v) is 4.69. The number of aromatic nitrogens is 1. The van der Waals surface area contributed by atoms with Gasteiger partial charge in [-0.1, -0.05) is 0 Å². The molecule has 2 aliphatic carbocycles. The summed E-state index contributed by atoms with van der Waals surface area (Å²) in [6.07, 6.45) is 7.02. The average molecular weight is 332 g/mol. The van der Waals surface area contributed by atoms with Crippen LogP contribution in [0.2, 0.25) is 0 Å². The molecule has 130 valence electrons. The Hall–Kier alpha value is -1.82. The summed E-state index contributed by atoms with van der Waals surface area (Å²) in [6, 6.07) is 1.89. The molecular formula is C18H24N2O4. The fourth-order valence-electron chi connectivity index (χ4n) is 4.69. The number of H-pyrrole nitrogens is 1. The van der Waals surface area contributed by atoms with E-state index in [0.29, 0.717) is 31.7 Å². The molecule has 0 aromatic carbocycles. The summed E-state index contributed by atoms with van der Waals surface area (Å²) in [5.74, 6) is -1.22. The van der Waals surface area contributed by atoms with Gasteiger partial charge in [0.2, 0.25) is 0 Å². The van der Waals surface area contributed by atoms with Crippen molar-refractivity contribution in [2.45, 2.75) is 56.9 Å². The molecule has 6 heteroatoms.